The Balaban J connectivity index is 2.02. The Labute approximate surface area is 103 Å². The molecular formula is C14H21NO2. The van der Waals surface area contributed by atoms with Crippen molar-refractivity contribution in [1.29, 1.82) is 0 Å². The van der Waals surface area contributed by atoms with Gasteiger partial charge >= 0.3 is 0 Å². The average molecular weight is 235 g/mol. The Morgan fingerprint density at radius 2 is 2.00 bits per heavy atom. The summed E-state index contributed by atoms with van der Waals surface area (Å²) < 4.78 is 5.94. The second-order valence-electron chi connectivity index (χ2n) is 5.33. The number of aliphatic hydroxyl groups is 1. The molecule has 2 unspecified atom stereocenters. The van der Waals surface area contributed by atoms with E-state index in [2.05, 4.69) is 19.9 Å². The summed E-state index contributed by atoms with van der Waals surface area (Å²) in [7, 11) is 0. The second kappa shape index (κ2) is 4.67. The summed E-state index contributed by atoms with van der Waals surface area (Å²) in [6.07, 6.45) is 2.62. The van der Waals surface area contributed by atoms with Crippen LogP contribution in [0.1, 0.15) is 30.4 Å². The van der Waals surface area contributed by atoms with Crippen LogP contribution in [0.5, 0.6) is 5.75 Å². The number of aliphatic hydroxyl groups excluding tert-OH is 1. The van der Waals surface area contributed by atoms with E-state index in [0.717, 1.165) is 25.0 Å². The summed E-state index contributed by atoms with van der Waals surface area (Å²) in [4.78, 5) is 0. The SMILES string of the molecule is Cc1cc(C)cc(OC2CCC(N)(CO)C2)c1. The zero-order valence-corrected chi connectivity index (χ0v) is 10.6. The highest BCUT2D eigenvalue weighted by atomic mass is 16.5. The predicted molar refractivity (Wildman–Crippen MR) is 68.2 cm³/mol. The van der Waals surface area contributed by atoms with E-state index in [1.54, 1.807) is 0 Å². The molecule has 17 heavy (non-hydrogen) atoms. The van der Waals surface area contributed by atoms with Crippen LogP contribution in [-0.4, -0.2) is 23.4 Å². The molecule has 0 amide bonds. The van der Waals surface area contributed by atoms with Crippen molar-refractivity contribution in [3.05, 3.63) is 29.3 Å². The third-order valence-corrected chi connectivity index (χ3v) is 3.41. The van der Waals surface area contributed by atoms with Crippen LogP contribution in [0, 0.1) is 13.8 Å². The first-order chi connectivity index (χ1) is 8.00. The minimum absolute atomic E-state index is 0.0414. The Kier molecular flexibility index (Phi) is 3.40. The highest BCUT2D eigenvalue weighted by molar-refractivity contribution is 5.33. The molecule has 1 aliphatic carbocycles. The first-order valence-corrected chi connectivity index (χ1v) is 6.15. The Morgan fingerprint density at radius 3 is 2.53 bits per heavy atom. The second-order valence-corrected chi connectivity index (χ2v) is 5.33. The smallest absolute Gasteiger partial charge is 0.120 e. The molecular weight excluding hydrogens is 214 g/mol. The van der Waals surface area contributed by atoms with E-state index in [9.17, 15) is 5.11 Å². The fourth-order valence-corrected chi connectivity index (χ4v) is 2.54. The van der Waals surface area contributed by atoms with Crippen LogP contribution in [0.2, 0.25) is 0 Å². The van der Waals surface area contributed by atoms with Gasteiger partial charge in [0, 0.05) is 12.0 Å². The van der Waals surface area contributed by atoms with Gasteiger partial charge in [-0.25, -0.2) is 0 Å². The summed E-state index contributed by atoms with van der Waals surface area (Å²) in [6.45, 7) is 4.17. The standard InChI is InChI=1S/C14H21NO2/c1-10-5-11(2)7-13(6-10)17-12-3-4-14(15,8-12)9-16/h5-7,12,16H,3-4,8-9,15H2,1-2H3. The molecule has 2 atom stereocenters. The maximum atomic E-state index is 9.22. The highest BCUT2D eigenvalue weighted by Crippen LogP contribution is 2.31. The van der Waals surface area contributed by atoms with E-state index < -0.39 is 5.54 Å². The molecule has 94 valence electrons. The topological polar surface area (TPSA) is 55.5 Å². The largest absolute Gasteiger partial charge is 0.490 e. The summed E-state index contributed by atoms with van der Waals surface area (Å²) in [6, 6.07) is 6.22. The molecule has 1 fully saturated rings. The third kappa shape index (κ3) is 2.99. The van der Waals surface area contributed by atoms with Gasteiger partial charge < -0.3 is 15.6 Å². The quantitative estimate of drug-likeness (QED) is 0.841. The van der Waals surface area contributed by atoms with Gasteiger partial charge in [-0.15, -0.1) is 0 Å². The van der Waals surface area contributed by atoms with Crippen molar-refractivity contribution in [1.82, 2.24) is 0 Å². The van der Waals surface area contributed by atoms with E-state index in [1.165, 1.54) is 11.1 Å². The van der Waals surface area contributed by atoms with Gasteiger partial charge in [-0.3, -0.25) is 0 Å². The van der Waals surface area contributed by atoms with Gasteiger partial charge in [0.15, 0.2) is 0 Å². The summed E-state index contributed by atoms with van der Waals surface area (Å²) in [5, 5.41) is 9.22. The molecule has 0 aliphatic heterocycles. The van der Waals surface area contributed by atoms with Crippen LogP contribution in [0.15, 0.2) is 18.2 Å². The zero-order chi connectivity index (χ0) is 12.5. The Morgan fingerprint density at radius 1 is 1.35 bits per heavy atom. The number of nitrogens with two attached hydrogens (primary N) is 1. The van der Waals surface area contributed by atoms with Crippen molar-refractivity contribution < 1.29 is 9.84 Å². The maximum absolute atomic E-state index is 9.22. The van der Waals surface area contributed by atoms with Crippen LogP contribution in [0.3, 0.4) is 0 Å². The summed E-state index contributed by atoms with van der Waals surface area (Å²) >= 11 is 0. The fraction of sp³-hybridized carbons (Fsp3) is 0.571. The van der Waals surface area contributed by atoms with Crippen molar-refractivity contribution in [2.75, 3.05) is 6.61 Å². The van der Waals surface area contributed by atoms with Crippen molar-refractivity contribution in [3.63, 3.8) is 0 Å². The lowest BCUT2D eigenvalue weighted by Crippen LogP contribution is -2.41. The van der Waals surface area contributed by atoms with E-state index in [-0.39, 0.29) is 12.7 Å². The van der Waals surface area contributed by atoms with E-state index in [0.29, 0.717) is 0 Å². The van der Waals surface area contributed by atoms with E-state index in [4.69, 9.17) is 10.5 Å². The molecule has 0 saturated heterocycles. The molecule has 3 nitrogen and oxygen atoms in total. The Bertz CT molecular complexity index is 385. The zero-order valence-electron chi connectivity index (χ0n) is 10.6. The molecule has 2 rings (SSSR count). The van der Waals surface area contributed by atoms with Gasteiger partial charge in [-0.2, -0.15) is 0 Å². The molecule has 0 heterocycles. The van der Waals surface area contributed by atoms with Crippen molar-refractivity contribution in [2.45, 2.75) is 44.8 Å². The normalized spacial score (nSPS) is 28.4. The number of rotatable bonds is 3. The minimum Gasteiger partial charge on any atom is -0.490 e. The van der Waals surface area contributed by atoms with Gasteiger partial charge in [0.25, 0.3) is 0 Å². The fourth-order valence-electron chi connectivity index (χ4n) is 2.54. The van der Waals surface area contributed by atoms with Crippen LogP contribution >= 0.6 is 0 Å². The Hall–Kier alpha value is -1.06. The van der Waals surface area contributed by atoms with Gasteiger partial charge in [0.05, 0.1) is 6.61 Å². The molecule has 0 aromatic heterocycles. The molecule has 0 radical (unpaired) electrons. The molecule has 3 N–H and O–H groups in total. The van der Waals surface area contributed by atoms with Gasteiger partial charge in [-0.1, -0.05) is 6.07 Å². The number of hydrogen-bond donors (Lipinski definition) is 2. The number of aryl methyl sites for hydroxylation is 2. The van der Waals surface area contributed by atoms with E-state index >= 15 is 0 Å². The van der Waals surface area contributed by atoms with E-state index in [1.807, 2.05) is 12.1 Å². The molecule has 1 saturated carbocycles. The average Bonchev–Trinajstić information content (AvgIpc) is 2.59. The van der Waals surface area contributed by atoms with Crippen LogP contribution in [0.25, 0.3) is 0 Å². The van der Waals surface area contributed by atoms with Gasteiger partial charge in [0.1, 0.15) is 11.9 Å². The van der Waals surface area contributed by atoms with Crippen LogP contribution in [-0.2, 0) is 0 Å². The third-order valence-electron chi connectivity index (χ3n) is 3.41. The van der Waals surface area contributed by atoms with Crippen molar-refractivity contribution >= 4 is 0 Å². The lowest BCUT2D eigenvalue weighted by Gasteiger charge is -2.21. The monoisotopic (exact) mass is 235 g/mol. The lowest BCUT2D eigenvalue weighted by molar-refractivity contribution is 0.165. The predicted octanol–water partition coefficient (Wildman–Crippen LogP) is 1.92. The first-order valence-electron chi connectivity index (χ1n) is 6.15. The van der Waals surface area contributed by atoms with Crippen LogP contribution in [0.4, 0.5) is 0 Å². The van der Waals surface area contributed by atoms with Gasteiger partial charge in [0.2, 0.25) is 0 Å². The molecule has 1 aromatic rings. The van der Waals surface area contributed by atoms with Crippen LogP contribution < -0.4 is 10.5 Å². The summed E-state index contributed by atoms with van der Waals surface area (Å²) in [5.41, 5.74) is 8.01. The van der Waals surface area contributed by atoms with Crippen molar-refractivity contribution in [3.8, 4) is 5.75 Å². The molecule has 0 spiro atoms. The van der Waals surface area contributed by atoms with Crippen molar-refractivity contribution in [2.24, 2.45) is 5.73 Å². The molecule has 1 aliphatic rings. The van der Waals surface area contributed by atoms with Gasteiger partial charge in [-0.05, 0) is 49.9 Å². The molecule has 0 bridgehead atoms. The lowest BCUT2D eigenvalue weighted by atomic mass is 10.0. The molecule has 3 heteroatoms. The first kappa shape index (κ1) is 12.4. The number of benzene rings is 1. The summed E-state index contributed by atoms with van der Waals surface area (Å²) in [5.74, 6) is 0.912. The minimum atomic E-state index is -0.441. The number of ether oxygens (including phenoxy) is 1. The number of hydrogen-bond acceptors (Lipinski definition) is 3. The highest BCUT2D eigenvalue weighted by Gasteiger charge is 2.36. The molecule has 1 aromatic carbocycles. The maximum Gasteiger partial charge on any atom is 0.120 e.